The van der Waals surface area contributed by atoms with E-state index >= 15 is 0 Å². The van der Waals surface area contributed by atoms with E-state index in [4.69, 9.17) is 11.5 Å². The highest BCUT2D eigenvalue weighted by atomic mass is 19.4. The molecule has 1 heterocycles. The van der Waals surface area contributed by atoms with E-state index in [1.54, 1.807) is 0 Å². The molecule has 0 aliphatic heterocycles. The molecule has 0 saturated heterocycles. The molecule has 0 fully saturated rings. The highest BCUT2D eigenvalue weighted by Gasteiger charge is 2.33. The van der Waals surface area contributed by atoms with Gasteiger partial charge in [-0.05, 0) is 18.2 Å². The van der Waals surface area contributed by atoms with Crippen molar-refractivity contribution in [3.8, 4) is 11.3 Å². The van der Waals surface area contributed by atoms with Crippen LogP contribution < -0.4 is 11.5 Å². The Balaban J connectivity index is 2.64. The number of nitrogens with zero attached hydrogens (tertiary/aromatic N) is 1. The number of aromatic nitrogens is 1. The molecular formula is C13H10F3N3O. The molecular weight excluding hydrogens is 271 g/mol. The van der Waals surface area contributed by atoms with Gasteiger partial charge in [0.1, 0.15) is 0 Å². The number of benzene rings is 1. The molecule has 0 radical (unpaired) electrons. The lowest BCUT2D eigenvalue weighted by atomic mass is 10.0. The van der Waals surface area contributed by atoms with Gasteiger partial charge in [-0.1, -0.05) is 18.2 Å². The standard InChI is InChI=1S/C13H10F3N3O/c14-13(15,16)8-4-2-1-3-7(8)10-6-5-9(17)11(19-10)12(18)20/h1-6H,17H2,(H2,18,20). The smallest absolute Gasteiger partial charge is 0.397 e. The molecule has 0 unspecified atom stereocenters. The van der Waals surface area contributed by atoms with E-state index in [1.807, 2.05) is 0 Å². The van der Waals surface area contributed by atoms with Crippen LogP contribution in [0.5, 0.6) is 0 Å². The monoisotopic (exact) mass is 281 g/mol. The fraction of sp³-hybridized carbons (Fsp3) is 0.0769. The molecule has 1 amide bonds. The molecule has 4 nitrogen and oxygen atoms in total. The fourth-order valence-corrected chi connectivity index (χ4v) is 1.77. The third kappa shape index (κ3) is 2.56. The van der Waals surface area contributed by atoms with Gasteiger partial charge in [-0.2, -0.15) is 13.2 Å². The Labute approximate surface area is 112 Å². The van der Waals surface area contributed by atoms with Gasteiger partial charge in [0.2, 0.25) is 0 Å². The number of rotatable bonds is 2. The lowest BCUT2D eigenvalue weighted by Gasteiger charge is -2.13. The number of carbonyl (C=O) groups excluding carboxylic acids is 1. The van der Waals surface area contributed by atoms with Gasteiger partial charge in [-0.25, -0.2) is 4.98 Å². The van der Waals surface area contributed by atoms with E-state index in [2.05, 4.69) is 4.98 Å². The van der Waals surface area contributed by atoms with Crippen LogP contribution in [0, 0.1) is 0 Å². The topological polar surface area (TPSA) is 82.0 Å². The molecule has 0 aliphatic carbocycles. The first-order chi connectivity index (χ1) is 9.30. The lowest BCUT2D eigenvalue weighted by Crippen LogP contribution is -2.16. The van der Waals surface area contributed by atoms with Crippen LogP contribution in [-0.4, -0.2) is 10.9 Å². The molecule has 0 saturated carbocycles. The highest BCUT2D eigenvalue weighted by Crippen LogP contribution is 2.36. The van der Waals surface area contributed by atoms with E-state index in [-0.39, 0.29) is 22.6 Å². The summed E-state index contributed by atoms with van der Waals surface area (Å²) in [5, 5.41) is 0. The van der Waals surface area contributed by atoms with E-state index in [1.165, 1.54) is 30.3 Å². The molecule has 0 spiro atoms. The number of primary amides is 1. The molecule has 20 heavy (non-hydrogen) atoms. The van der Waals surface area contributed by atoms with Crippen molar-refractivity contribution in [2.24, 2.45) is 5.73 Å². The molecule has 2 rings (SSSR count). The minimum atomic E-state index is -4.52. The minimum absolute atomic E-state index is 0.0130. The minimum Gasteiger partial charge on any atom is -0.397 e. The summed E-state index contributed by atoms with van der Waals surface area (Å²) >= 11 is 0. The molecule has 0 bridgehead atoms. The maximum Gasteiger partial charge on any atom is 0.417 e. The van der Waals surface area contributed by atoms with E-state index in [9.17, 15) is 18.0 Å². The Kier molecular flexibility index (Phi) is 3.35. The average Bonchev–Trinajstić information content (AvgIpc) is 2.38. The van der Waals surface area contributed by atoms with Crippen molar-refractivity contribution in [2.75, 3.05) is 5.73 Å². The summed E-state index contributed by atoms with van der Waals surface area (Å²) in [5.41, 5.74) is 9.37. The number of nitrogen functional groups attached to an aromatic ring is 1. The highest BCUT2D eigenvalue weighted by molar-refractivity contribution is 5.96. The second-order valence-electron chi connectivity index (χ2n) is 4.04. The van der Waals surface area contributed by atoms with Crippen molar-refractivity contribution in [1.82, 2.24) is 4.98 Å². The molecule has 7 heteroatoms. The van der Waals surface area contributed by atoms with Gasteiger partial charge >= 0.3 is 6.18 Å². The molecule has 1 aromatic carbocycles. The molecule has 0 atom stereocenters. The number of anilines is 1. The zero-order valence-corrected chi connectivity index (χ0v) is 10.1. The summed E-state index contributed by atoms with van der Waals surface area (Å²) in [6.07, 6.45) is -4.52. The van der Waals surface area contributed by atoms with Gasteiger partial charge in [0.15, 0.2) is 5.69 Å². The maximum atomic E-state index is 12.9. The summed E-state index contributed by atoms with van der Waals surface area (Å²) in [6, 6.07) is 7.55. The Bertz CT molecular complexity index is 668. The van der Waals surface area contributed by atoms with Crippen LogP contribution >= 0.6 is 0 Å². The van der Waals surface area contributed by atoms with Crippen molar-refractivity contribution in [3.63, 3.8) is 0 Å². The average molecular weight is 281 g/mol. The fourth-order valence-electron chi connectivity index (χ4n) is 1.77. The number of hydrogen-bond donors (Lipinski definition) is 2. The zero-order valence-electron chi connectivity index (χ0n) is 10.1. The summed E-state index contributed by atoms with van der Waals surface area (Å²) in [6.45, 7) is 0. The van der Waals surface area contributed by atoms with Crippen molar-refractivity contribution in [3.05, 3.63) is 47.7 Å². The van der Waals surface area contributed by atoms with E-state index in [0.29, 0.717) is 0 Å². The third-order valence-electron chi connectivity index (χ3n) is 2.67. The summed E-state index contributed by atoms with van der Waals surface area (Å²) in [4.78, 5) is 15.0. The largest absolute Gasteiger partial charge is 0.417 e. The number of halogens is 3. The van der Waals surface area contributed by atoms with Gasteiger partial charge in [0.05, 0.1) is 16.9 Å². The molecule has 4 N–H and O–H groups in total. The Hall–Kier alpha value is -2.57. The normalized spacial score (nSPS) is 11.3. The molecule has 104 valence electrons. The Morgan fingerprint density at radius 1 is 1.10 bits per heavy atom. The summed E-state index contributed by atoms with van der Waals surface area (Å²) in [7, 11) is 0. The van der Waals surface area contributed by atoms with Gasteiger partial charge < -0.3 is 11.5 Å². The first kappa shape index (κ1) is 13.9. The van der Waals surface area contributed by atoms with E-state index < -0.39 is 17.6 Å². The van der Waals surface area contributed by atoms with Crippen molar-refractivity contribution in [1.29, 1.82) is 0 Å². The third-order valence-corrected chi connectivity index (χ3v) is 2.67. The zero-order chi connectivity index (χ0) is 14.9. The maximum absolute atomic E-state index is 12.9. The Morgan fingerprint density at radius 3 is 2.35 bits per heavy atom. The van der Waals surface area contributed by atoms with Gasteiger partial charge in [-0.3, -0.25) is 4.79 Å². The number of carbonyl (C=O) groups is 1. The molecule has 0 aliphatic rings. The van der Waals surface area contributed by atoms with Crippen LogP contribution in [0.25, 0.3) is 11.3 Å². The first-order valence-corrected chi connectivity index (χ1v) is 5.53. The predicted molar refractivity (Wildman–Crippen MR) is 67.6 cm³/mol. The quantitative estimate of drug-likeness (QED) is 0.887. The van der Waals surface area contributed by atoms with Gasteiger partial charge in [0.25, 0.3) is 5.91 Å². The van der Waals surface area contributed by atoms with Crippen LogP contribution in [-0.2, 0) is 6.18 Å². The van der Waals surface area contributed by atoms with Crippen LogP contribution in [0.3, 0.4) is 0 Å². The number of alkyl halides is 3. The molecule has 2 aromatic rings. The predicted octanol–water partition coefficient (Wildman–Crippen LogP) is 2.45. The van der Waals surface area contributed by atoms with Crippen molar-refractivity contribution >= 4 is 11.6 Å². The first-order valence-electron chi connectivity index (χ1n) is 5.53. The second kappa shape index (κ2) is 4.84. The van der Waals surface area contributed by atoms with Crippen molar-refractivity contribution in [2.45, 2.75) is 6.18 Å². The van der Waals surface area contributed by atoms with Crippen LogP contribution in [0.4, 0.5) is 18.9 Å². The summed E-state index contributed by atoms with van der Waals surface area (Å²) in [5.74, 6) is -0.895. The van der Waals surface area contributed by atoms with Gasteiger partial charge in [0, 0.05) is 5.56 Å². The van der Waals surface area contributed by atoms with Crippen LogP contribution in [0.2, 0.25) is 0 Å². The lowest BCUT2D eigenvalue weighted by molar-refractivity contribution is -0.137. The van der Waals surface area contributed by atoms with Crippen LogP contribution in [0.1, 0.15) is 16.1 Å². The van der Waals surface area contributed by atoms with Gasteiger partial charge in [-0.15, -0.1) is 0 Å². The Morgan fingerprint density at radius 2 is 1.75 bits per heavy atom. The number of pyridine rings is 1. The van der Waals surface area contributed by atoms with Crippen molar-refractivity contribution < 1.29 is 18.0 Å². The number of amides is 1. The number of hydrogen-bond acceptors (Lipinski definition) is 3. The van der Waals surface area contributed by atoms with E-state index in [0.717, 1.165) is 6.07 Å². The number of nitrogens with two attached hydrogens (primary N) is 2. The second-order valence-corrected chi connectivity index (χ2v) is 4.04. The summed E-state index contributed by atoms with van der Waals surface area (Å²) < 4.78 is 38.8. The molecule has 1 aromatic heterocycles. The van der Waals surface area contributed by atoms with Crippen LogP contribution in [0.15, 0.2) is 36.4 Å². The SMILES string of the molecule is NC(=O)c1nc(-c2ccccc2C(F)(F)F)ccc1N.